The van der Waals surface area contributed by atoms with Gasteiger partial charge in [0.05, 0.1) is 25.4 Å². The zero-order chi connectivity index (χ0) is 20.4. The number of hydrogen-bond acceptors (Lipinski definition) is 9. The molecule has 0 bridgehead atoms. The molecule has 0 spiro atoms. The molecule has 0 atom stereocenters. The second kappa shape index (κ2) is 11.1. The summed E-state index contributed by atoms with van der Waals surface area (Å²) in [6.45, 7) is 4.35. The average Bonchev–Trinajstić information content (AvgIpc) is 2.70. The van der Waals surface area contributed by atoms with Crippen molar-refractivity contribution in [2.45, 2.75) is 6.92 Å². The van der Waals surface area contributed by atoms with E-state index in [9.17, 15) is 4.79 Å². The number of nitrogens with zero attached hydrogens (tertiary/aromatic N) is 3. The Morgan fingerprint density at radius 2 is 1.89 bits per heavy atom. The van der Waals surface area contributed by atoms with Crippen molar-refractivity contribution in [3.63, 3.8) is 0 Å². The van der Waals surface area contributed by atoms with Crippen molar-refractivity contribution in [1.29, 1.82) is 0 Å². The third-order valence-electron chi connectivity index (χ3n) is 3.93. The third kappa shape index (κ3) is 5.80. The number of ether oxygens (including phenoxy) is 3. The van der Waals surface area contributed by atoms with E-state index in [-0.39, 0.29) is 5.97 Å². The Kier molecular flexibility index (Phi) is 8.44. The van der Waals surface area contributed by atoms with Gasteiger partial charge in [0.1, 0.15) is 12.0 Å². The van der Waals surface area contributed by atoms with Crippen molar-refractivity contribution >= 4 is 29.0 Å². The predicted octanol–water partition coefficient (Wildman–Crippen LogP) is 2.08. The SMILES string of the molecule is CCOC(=O)c1cccc(Nc2ncnc(N(CCOC)CCOC)c2N)c1. The van der Waals surface area contributed by atoms with Gasteiger partial charge in [-0.1, -0.05) is 6.07 Å². The molecule has 9 nitrogen and oxygen atoms in total. The van der Waals surface area contributed by atoms with Gasteiger partial charge in [-0.15, -0.1) is 0 Å². The number of carbonyl (C=O) groups is 1. The fourth-order valence-electron chi connectivity index (χ4n) is 2.54. The molecule has 0 aliphatic heterocycles. The largest absolute Gasteiger partial charge is 0.462 e. The molecule has 1 aromatic carbocycles. The van der Waals surface area contributed by atoms with Gasteiger partial charge in [0.15, 0.2) is 11.6 Å². The Bertz CT molecular complexity index is 764. The average molecular weight is 389 g/mol. The highest BCUT2D eigenvalue weighted by Crippen LogP contribution is 2.28. The van der Waals surface area contributed by atoms with Crippen molar-refractivity contribution in [3.05, 3.63) is 36.2 Å². The van der Waals surface area contributed by atoms with Crippen LogP contribution in [0.15, 0.2) is 30.6 Å². The van der Waals surface area contributed by atoms with E-state index in [4.69, 9.17) is 19.9 Å². The van der Waals surface area contributed by atoms with Crippen LogP contribution < -0.4 is 16.0 Å². The maximum absolute atomic E-state index is 11.9. The normalized spacial score (nSPS) is 10.5. The second-order valence-corrected chi connectivity index (χ2v) is 5.86. The van der Waals surface area contributed by atoms with Gasteiger partial charge in [0, 0.05) is 33.0 Å². The van der Waals surface area contributed by atoms with Crippen LogP contribution in [0.3, 0.4) is 0 Å². The first-order valence-corrected chi connectivity index (χ1v) is 8.98. The lowest BCUT2D eigenvalue weighted by Gasteiger charge is -2.25. The number of rotatable bonds is 11. The molecule has 2 aromatic rings. The quantitative estimate of drug-likeness (QED) is 0.558. The van der Waals surface area contributed by atoms with Crippen molar-refractivity contribution in [1.82, 2.24) is 9.97 Å². The third-order valence-corrected chi connectivity index (χ3v) is 3.93. The molecule has 0 unspecified atom stereocenters. The molecule has 0 saturated carbocycles. The van der Waals surface area contributed by atoms with E-state index in [1.54, 1.807) is 39.3 Å². The molecule has 1 heterocycles. The summed E-state index contributed by atoms with van der Waals surface area (Å²) in [6, 6.07) is 6.95. The van der Waals surface area contributed by atoms with Crippen LogP contribution in [0.5, 0.6) is 0 Å². The predicted molar refractivity (Wildman–Crippen MR) is 108 cm³/mol. The molecule has 0 amide bonds. The zero-order valence-corrected chi connectivity index (χ0v) is 16.5. The molecule has 0 fully saturated rings. The number of carbonyl (C=O) groups excluding carboxylic acids is 1. The van der Waals surface area contributed by atoms with Gasteiger partial charge in [-0.05, 0) is 25.1 Å². The highest BCUT2D eigenvalue weighted by Gasteiger charge is 2.16. The molecule has 0 radical (unpaired) electrons. The molecule has 0 saturated heterocycles. The first-order valence-electron chi connectivity index (χ1n) is 8.98. The molecule has 0 aliphatic rings. The molecule has 3 N–H and O–H groups in total. The number of anilines is 4. The van der Waals surface area contributed by atoms with Crippen LogP contribution in [-0.4, -0.2) is 63.1 Å². The van der Waals surface area contributed by atoms with Crippen molar-refractivity contribution in [2.24, 2.45) is 0 Å². The van der Waals surface area contributed by atoms with Gasteiger partial charge in [0.25, 0.3) is 0 Å². The molecule has 1 aromatic heterocycles. The standard InChI is InChI=1S/C19H27N5O4/c1-4-28-19(25)14-6-5-7-15(12-14)23-17-16(20)18(22-13-21-17)24(8-10-26-2)9-11-27-3/h5-7,12-13H,4,8-11,20H2,1-3H3,(H,21,22,23). The van der Waals surface area contributed by atoms with E-state index in [2.05, 4.69) is 15.3 Å². The van der Waals surface area contributed by atoms with Crippen molar-refractivity contribution < 1.29 is 19.0 Å². The monoisotopic (exact) mass is 389 g/mol. The van der Waals surface area contributed by atoms with Gasteiger partial charge in [-0.3, -0.25) is 0 Å². The van der Waals surface area contributed by atoms with E-state index in [1.165, 1.54) is 6.33 Å². The molecular weight excluding hydrogens is 362 g/mol. The minimum absolute atomic E-state index is 0.317. The summed E-state index contributed by atoms with van der Waals surface area (Å²) < 4.78 is 15.4. The van der Waals surface area contributed by atoms with Crippen molar-refractivity contribution in [3.8, 4) is 0 Å². The number of nitrogens with one attached hydrogen (secondary N) is 1. The van der Waals surface area contributed by atoms with E-state index >= 15 is 0 Å². The summed E-state index contributed by atoms with van der Waals surface area (Å²) >= 11 is 0. The summed E-state index contributed by atoms with van der Waals surface area (Å²) in [5, 5.41) is 3.14. The maximum atomic E-state index is 11.9. The van der Waals surface area contributed by atoms with Crippen LogP contribution in [0.4, 0.5) is 23.0 Å². The number of esters is 1. The van der Waals surface area contributed by atoms with Crippen LogP contribution in [0.1, 0.15) is 17.3 Å². The lowest BCUT2D eigenvalue weighted by molar-refractivity contribution is 0.0526. The van der Waals surface area contributed by atoms with E-state index in [1.807, 2.05) is 11.0 Å². The van der Waals surface area contributed by atoms with Crippen LogP contribution in [0.2, 0.25) is 0 Å². The molecule has 9 heteroatoms. The highest BCUT2D eigenvalue weighted by atomic mass is 16.5. The number of aromatic nitrogens is 2. The Morgan fingerprint density at radius 3 is 2.54 bits per heavy atom. The van der Waals surface area contributed by atoms with Crippen LogP contribution in [-0.2, 0) is 14.2 Å². The number of benzene rings is 1. The summed E-state index contributed by atoms with van der Waals surface area (Å²) in [6.07, 6.45) is 1.44. The number of methoxy groups -OCH3 is 2. The van der Waals surface area contributed by atoms with Crippen molar-refractivity contribution in [2.75, 3.05) is 63.1 Å². The summed E-state index contributed by atoms with van der Waals surface area (Å²) in [4.78, 5) is 22.5. The molecular formula is C19H27N5O4. The molecule has 2 rings (SSSR count). The van der Waals surface area contributed by atoms with Gasteiger partial charge in [-0.2, -0.15) is 0 Å². The molecule has 0 aliphatic carbocycles. The minimum Gasteiger partial charge on any atom is -0.462 e. The lowest BCUT2D eigenvalue weighted by Crippen LogP contribution is -2.32. The highest BCUT2D eigenvalue weighted by molar-refractivity contribution is 5.91. The summed E-state index contributed by atoms with van der Waals surface area (Å²) in [5.74, 6) is 0.659. The Labute approximate surface area is 164 Å². The van der Waals surface area contributed by atoms with Gasteiger partial charge < -0.3 is 30.2 Å². The summed E-state index contributed by atoms with van der Waals surface area (Å²) in [5.41, 5.74) is 7.83. The number of hydrogen-bond donors (Lipinski definition) is 2. The Hall–Kier alpha value is -2.91. The second-order valence-electron chi connectivity index (χ2n) is 5.86. The van der Waals surface area contributed by atoms with Crippen LogP contribution in [0.25, 0.3) is 0 Å². The number of nitrogens with two attached hydrogens (primary N) is 1. The minimum atomic E-state index is -0.382. The lowest BCUT2D eigenvalue weighted by atomic mass is 10.2. The fraction of sp³-hybridized carbons (Fsp3) is 0.421. The van der Waals surface area contributed by atoms with E-state index in [0.717, 1.165) is 0 Å². The van der Waals surface area contributed by atoms with E-state index in [0.29, 0.717) is 61.5 Å². The molecule has 152 valence electrons. The number of nitrogen functional groups attached to an aromatic ring is 1. The first kappa shape index (κ1) is 21.4. The van der Waals surface area contributed by atoms with Gasteiger partial charge in [-0.25, -0.2) is 14.8 Å². The smallest absolute Gasteiger partial charge is 0.338 e. The topological polar surface area (TPSA) is 112 Å². The van der Waals surface area contributed by atoms with Gasteiger partial charge >= 0.3 is 5.97 Å². The fourth-order valence-corrected chi connectivity index (χ4v) is 2.54. The zero-order valence-electron chi connectivity index (χ0n) is 16.5. The molecule has 28 heavy (non-hydrogen) atoms. The summed E-state index contributed by atoms with van der Waals surface area (Å²) in [7, 11) is 3.28. The Balaban J connectivity index is 2.24. The van der Waals surface area contributed by atoms with Crippen LogP contribution >= 0.6 is 0 Å². The van der Waals surface area contributed by atoms with Crippen LogP contribution in [0, 0.1) is 0 Å². The maximum Gasteiger partial charge on any atom is 0.338 e. The van der Waals surface area contributed by atoms with E-state index < -0.39 is 0 Å². The first-order chi connectivity index (χ1) is 13.6. The Morgan fingerprint density at radius 1 is 1.18 bits per heavy atom. The van der Waals surface area contributed by atoms with Gasteiger partial charge in [0.2, 0.25) is 0 Å².